The zero-order chi connectivity index (χ0) is 19.6. The van der Waals surface area contributed by atoms with Crippen molar-refractivity contribution in [3.8, 4) is 22.9 Å². The van der Waals surface area contributed by atoms with Gasteiger partial charge in [0.15, 0.2) is 5.78 Å². The molecule has 1 N–H and O–H groups in total. The summed E-state index contributed by atoms with van der Waals surface area (Å²) < 4.78 is 0. The van der Waals surface area contributed by atoms with E-state index in [0.717, 1.165) is 23.3 Å². The Bertz CT molecular complexity index is 1040. The van der Waals surface area contributed by atoms with Gasteiger partial charge in [0.1, 0.15) is 5.75 Å². The summed E-state index contributed by atoms with van der Waals surface area (Å²) in [6, 6.07) is 15.1. The molecule has 136 valence electrons. The first kappa shape index (κ1) is 18.9. The van der Waals surface area contributed by atoms with Crippen LogP contribution in [0.5, 0.6) is 5.75 Å². The lowest BCUT2D eigenvalue weighted by Gasteiger charge is -2.17. The first-order chi connectivity index (χ1) is 12.9. The first-order valence-corrected chi connectivity index (χ1v) is 9.64. The highest BCUT2D eigenvalue weighted by molar-refractivity contribution is 7.12. The highest BCUT2D eigenvalue weighted by Gasteiger charge is 2.22. The number of hydrogen-bond acceptors (Lipinski definition) is 4. The minimum absolute atomic E-state index is 0.0227. The van der Waals surface area contributed by atoms with Crippen LogP contribution in [-0.2, 0) is 12.8 Å². The second-order valence-corrected chi connectivity index (χ2v) is 8.02. The average Bonchev–Trinajstić information content (AvgIpc) is 2.96. The Morgan fingerprint density at radius 1 is 1.11 bits per heavy atom. The average molecular weight is 375 g/mol. The molecular formula is C23H21NO2S. The first-order valence-electron chi connectivity index (χ1n) is 8.83. The maximum Gasteiger partial charge on any atom is 0.159 e. The van der Waals surface area contributed by atoms with Crippen molar-refractivity contribution < 1.29 is 9.90 Å². The number of aryl methyl sites for hydroxylation is 4. The molecule has 1 aliphatic carbocycles. The zero-order valence-corrected chi connectivity index (χ0v) is 16.5. The molecule has 1 aliphatic rings. The third-order valence-corrected chi connectivity index (χ3v) is 5.85. The number of rotatable bonds is 1. The summed E-state index contributed by atoms with van der Waals surface area (Å²) in [6.07, 6.45) is 2.17. The van der Waals surface area contributed by atoms with Crippen molar-refractivity contribution in [2.24, 2.45) is 0 Å². The molecule has 4 heteroatoms. The van der Waals surface area contributed by atoms with Gasteiger partial charge in [0, 0.05) is 20.9 Å². The van der Waals surface area contributed by atoms with Crippen LogP contribution >= 0.6 is 11.3 Å². The maximum atomic E-state index is 10.8. The molecule has 0 spiro atoms. The molecule has 0 saturated heterocycles. The van der Waals surface area contributed by atoms with Crippen molar-refractivity contribution in [2.45, 2.75) is 33.6 Å². The fourth-order valence-corrected chi connectivity index (χ4v) is 4.33. The largest absolute Gasteiger partial charge is 0.506 e. The molecule has 0 fully saturated rings. The Hall–Kier alpha value is -2.90. The van der Waals surface area contributed by atoms with Gasteiger partial charge >= 0.3 is 0 Å². The highest BCUT2D eigenvalue weighted by Crippen LogP contribution is 2.46. The van der Waals surface area contributed by atoms with E-state index in [1.165, 1.54) is 28.5 Å². The summed E-state index contributed by atoms with van der Waals surface area (Å²) in [6.45, 7) is 5.61. The van der Waals surface area contributed by atoms with E-state index in [0.29, 0.717) is 16.9 Å². The van der Waals surface area contributed by atoms with Crippen LogP contribution in [0, 0.1) is 25.2 Å². The standard InChI is InChI=1S/C14H14OS.C9H7NO/c1-8-3-5-11-10(7-8)4-6-12-13(11)14(15)9(2)16-12;1-7(11)9-4-2-8(6-10)3-5-9/h3,5,7,15H,4,6H2,1-2H3;2-5H,1H3. The van der Waals surface area contributed by atoms with Crippen molar-refractivity contribution in [2.75, 3.05) is 0 Å². The van der Waals surface area contributed by atoms with E-state index in [4.69, 9.17) is 5.26 Å². The molecule has 0 bridgehead atoms. The predicted octanol–water partition coefficient (Wildman–Crippen LogP) is 5.60. The number of nitrogens with zero attached hydrogens (tertiary/aromatic N) is 1. The number of aromatic hydroxyl groups is 1. The Labute approximate surface area is 163 Å². The minimum atomic E-state index is 0.0227. The molecule has 0 radical (unpaired) electrons. The van der Waals surface area contributed by atoms with Gasteiger partial charge < -0.3 is 5.11 Å². The minimum Gasteiger partial charge on any atom is -0.506 e. The van der Waals surface area contributed by atoms with Gasteiger partial charge in [-0.3, -0.25) is 4.79 Å². The van der Waals surface area contributed by atoms with Crippen LogP contribution in [0.3, 0.4) is 0 Å². The second-order valence-electron chi connectivity index (χ2n) is 6.71. The molecular weight excluding hydrogens is 354 g/mol. The third kappa shape index (κ3) is 3.94. The lowest BCUT2D eigenvalue weighted by Crippen LogP contribution is -2.01. The molecule has 27 heavy (non-hydrogen) atoms. The van der Waals surface area contributed by atoms with Crippen LogP contribution in [-0.4, -0.2) is 10.9 Å². The van der Waals surface area contributed by atoms with Gasteiger partial charge in [-0.1, -0.05) is 35.9 Å². The van der Waals surface area contributed by atoms with Crippen LogP contribution in [0.25, 0.3) is 11.1 Å². The number of nitriles is 1. The van der Waals surface area contributed by atoms with Crippen LogP contribution in [0.1, 0.15) is 43.7 Å². The van der Waals surface area contributed by atoms with Crippen molar-refractivity contribution >= 4 is 17.1 Å². The number of ketones is 1. The van der Waals surface area contributed by atoms with E-state index in [9.17, 15) is 9.90 Å². The Kier molecular flexibility index (Phi) is 5.43. The summed E-state index contributed by atoms with van der Waals surface area (Å²) in [7, 11) is 0. The number of thiophene rings is 1. The molecule has 4 rings (SSSR count). The molecule has 3 nitrogen and oxygen atoms in total. The summed E-state index contributed by atoms with van der Waals surface area (Å²) in [5, 5.41) is 18.5. The van der Waals surface area contributed by atoms with Crippen molar-refractivity contribution in [1.29, 1.82) is 5.26 Å². The van der Waals surface area contributed by atoms with Gasteiger partial charge in [0.25, 0.3) is 0 Å². The molecule has 0 saturated carbocycles. The molecule has 2 aromatic carbocycles. The quantitative estimate of drug-likeness (QED) is 0.563. The molecule has 0 amide bonds. The lowest BCUT2D eigenvalue weighted by atomic mass is 9.89. The molecule has 0 unspecified atom stereocenters. The molecule has 0 atom stereocenters. The van der Waals surface area contributed by atoms with E-state index in [1.54, 1.807) is 35.6 Å². The lowest BCUT2D eigenvalue weighted by molar-refractivity contribution is 0.101. The van der Waals surface area contributed by atoms with E-state index < -0.39 is 0 Å². The topological polar surface area (TPSA) is 61.1 Å². The van der Waals surface area contributed by atoms with Gasteiger partial charge in [0.2, 0.25) is 0 Å². The SMILES string of the molecule is CC(=O)c1ccc(C#N)cc1.Cc1ccc2c(c1)CCc1sc(C)c(O)c1-2. The Morgan fingerprint density at radius 3 is 2.44 bits per heavy atom. The summed E-state index contributed by atoms with van der Waals surface area (Å²) in [5.41, 5.74) is 6.21. The molecule has 1 aromatic heterocycles. The van der Waals surface area contributed by atoms with Gasteiger partial charge in [-0.2, -0.15) is 5.26 Å². The number of carbonyl (C=O) groups excluding carboxylic acids is 1. The van der Waals surface area contributed by atoms with Crippen molar-refractivity contribution in [3.63, 3.8) is 0 Å². The fraction of sp³-hybridized carbons (Fsp3) is 0.217. The van der Waals surface area contributed by atoms with E-state index >= 15 is 0 Å². The third-order valence-electron chi connectivity index (χ3n) is 4.70. The smallest absolute Gasteiger partial charge is 0.159 e. The van der Waals surface area contributed by atoms with E-state index in [-0.39, 0.29) is 5.78 Å². The maximum absolute atomic E-state index is 10.8. The predicted molar refractivity (Wildman–Crippen MR) is 109 cm³/mol. The monoisotopic (exact) mass is 375 g/mol. The van der Waals surface area contributed by atoms with Crippen molar-refractivity contribution in [1.82, 2.24) is 0 Å². The van der Waals surface area contributed by atoms with Crippen LogP contribution in [0.4, 0.5) is 0 Å². The number of hydrogen-bond donors (Lipinski definition) is 1. The number of carbonyl (C=O) groups is 1. The Balaban J connectivity index is 0.000000168. The van der Waals surface area contributed by atoms with Gasteiger partial charge in [-0.05, 0) is 56.9 Å². The summed E-state index contributed by atoms with van der Waals surface area (Å²) in [4.78, 5) is 13.1. The van der Waals surface area contributed by atoms with E-state index in [2.05, 4.69) is 25.1 Å². The number of fused-ring (bicyclic) bond motifs is 3. The summed E-state index contributed by atoms with van der Waals surface area (Å²) >= 11 is 1.73. The highest BCUT2D eigenvalue weighted by atomic mass is 32.1. The van der Waals surface area contributed by atoms with Crippen LogP contribution in [0.2, 0.25) is 0 Å². The second kappa shape index (κ2) is 7.77. The number of Topliss-reactive ketones (excluding diaryl/α,β-unsaturated/α-hetero) is 1. The van der Waals surface area contributed by atoms with Crippen molar-refractivity contribution in [3.05, 3.63) is 74.5 Å². The van der Waals surface area contributed by atoms with Gasteiger partial charge in [-0.15, -0.1) is 11.3 Å². The van der Waals surface area contributed by atoms with Gasteiger partial charge in [-0.25, -0.2) is 0 Å². The molecule has 3 aromatic rings. The number of benzene rings is 2. The molecule has 1 heterocycles. The summed E-state index contributed by atoms with van der Waals surface area (Å²) in [5.74, 6) is 0.513. The zero-order valence-electron chi connectivity index (χ0n) is 15.7. The Morgan fingerprint density at radius 2 is 1.81 bits per heavy atom. The fourth-order valence-electron chi connectivity index (χ4n) is 3.25. The normalized spacial score (nSPS) is 11.5. The molecule has 0 aliphatic heterocycles. The van der Waals surface area contributed by atoms with E-state index in [1.807, 2.05) is 13.0 Å². The van der Waals surface area contributed by atoms with Crippen LogP contribution in [0.15, 0.2) is 42.5 Å². The van der Waals surface area contributed by atoms with Crippen LogP contribution < -0.4 is 0 Å². The van der Waals surface area contributed by atoms with Gasteiger partial charge in [0.05, 0.1) is 11.6 Å².